The van der Waals surface area contributed by atoms with E-state index in [-0.39, 0.29) is 0 Å². The van der Waals surface area contributed by atoms with E-state index in [1.54, 1.807) is 0 Å². The Morgan fingerprint density at radius 2 is 2.00 bits per heavy atom. The third kappa shape index (κ3) is 2.01. The molecule has 2 heterocycles. The summed E-state index contributed by atoms with van der Waals surface area (Å²) in [7, 11) is 0. The van der Waals surface area contributed by atoms with Crippen molar-refractivity contribution in [3.8, 4) is 11.6 Å². The minimum Gasteiger partial charge on any atom is -0.419 e. The quantitative estimate of drug-likeness (QED) is 0.712. The highest BCUT2D eigenvalue weighted by molar-refractivity contribution is 5.85. The molecule has 0 amide bonds. The first kappa shape index (κ1) is 12.9. The molecule has 0 aliphatic heterocycles. The first-order chi connectivity index (χ1) is 9.74. The number of fused-ring (bicyclic) bond motifs is 1. The standard InChI is InChI=1S/C16H19N3O/c1-4-11(3)19-13-9-7-6-8-12(13)10-14(19)16-18-17-15(5-2)20-16/h6-11H,4-5H2,1-3H3. The summed E-state index contributed by atoms with van der Waals surface area (Å²) in [6, 6.07) is 10.9. The Labute approximate surface area is 118 Å². The van der Waals surface area contributed by atoms with E-state index in [1.165, 1.54) is 10.9 Å². The first-order valence-electron chi connectivity index (χ1n) is 7.17. The maximum atomic E-state index is 5.74. The molecule has 20 heavy (non-hydrogen) atoms. The van der Waals surface area contributed by atoms with E-state index in [2.05, 4.69) is 58.9 Å². The highest BCUT2D eigenvalue weighted by atomic mass is 16.4. The molecule has 0 bridgehead atoms. The van der Waals surface area contributed by atoms with Gasteiger partial charge in [-0.2, -0.15) is 0 Å². The zero-order chi connectivity index (χ0) is 14.1. The van der Waals surface area contributed by atoms with E-state index in [4.69, 9.17) is 4.42 Å². The molecule has 0 aliphatic carbocycles. The van der Waals surface area contributed by atoms with E-state index >= 15 is 0 Å². The van der Waals surface area contributed by atoms with Crippen molar-refractivity contribution < 1.29 is 4.42 Å². The number of hydrogen-bond acceptors (Lipinski definition) is 3. The van der Waals surface area contributed by atoms with Gasteiger partial charge >= 0.3 is 0 Å². The number of aromatic nitrogens is 3. The van der Waals surface area contributed by atoms with E-state index < -0.39 is 0 Å². The zero-order valence-corrected chi connectivity index (χ0v) is 12.1. The number of nitrogens with zero attached hydrogens (tertiary/aromatic N) is 3. The van der Waals surface area contributed by atoms with Crippen LogP contribution < -0.4 is 0 Å². The summed E-state index contributed by atoms with van der Waals surface area (Å²) in [5.41, 5.74) is 2.22. The lowest BCUT2D eigenvalue weighted by Gasteiger charge is -2.15. The lowest BCUT2D eigenvalue weighted by molar-refractivity contribution is 0.496. The molecule has 0 saturated heterocycles. The Morgan fingerprint density at radius 3 is 2.70 bits per heavy atom. The molecule has 0 fully saturated rings. The average molecular weight is 269 g/mol. The van der Waals surface area contributed by atoms with E-state index in [0.29, 0.717) is 17.8 Å². The maximum Gasteiger partial charge on any atom is 0.264 e. The fourth-order valence-electron chi connectivity index (χ4n) is 2.50. The van der Waals surface area contributed by atoms with Gasteiger partial charge in [-0.25, -0.2) is 0 Å². The molecule has 0 saturated carbocycles. The number of para-hydroxylation sites is 1. The van der Waals surface area contributed by atoms with Gasteiger partial charge in [0.1, 0.15) is 5.69 Å². The van der Waals surface area contributed by atoms with Crippen LogP contribution in [-0.4, -0.2) is 14.8 Å². The summed E-state index contributed by atoms with van der Waals surface area (Å²) in [6.07, 6.45) is 1.82. The van der Waals surface area contributed by atoms with Gasteiger partial charge in [0.05, 0.1) is 0 Å². The number of rotatable bonds is 4. The van der Waals surface area contributed by atoms with Crippen LogP contribution >= 0.6 is 0 Å². The molecular weight excluding hydrogens is 250 g/mol. The third-order valence-electron chi connectivity index (χ3n) is 3.77. The summed E-state index contributed by atoms with van der Waals surface area (Å²) in [6.45, 7) is 6.42. The smallest absolute Gasteiger partial charge is 0.264 e. The molecule has 0 aliphatic rings. The molecule has 0 radical (unpaired) electrons. The Hall–Kier alpha value is -2.10. The molecule has 3 rings (SSSR count). The van der Waals surface area contributed by atoms with Crippen LogP contribution in [0.2, 0.25) is 0 Å². The van der Waals surface area contributed by atoms with Crippen molar-refractivity contribution in [2.75, 3.05) is 0 Å². The van der Waals surface area contributed by atoms with Crippen LogP contribution in [0.5, 0.6) is 0 Å². The van der Waals surface area contributed by atoms with Gasteiger partial charge < -0.3 is 8.98 Å². The summed E-state index contributed by atoms with van der Waals surface area (Å²) in [5, 5.41) is 9.48. The molecule has 1 atom stereocenters. The molecule has 1 aromatic carbocycles. The molecule has 3 aromatic rings. The number of aryl methyl sites for hydroxylation is 1. The fourth-order valence-corrected chi connectivity index (χ4v) is 2.50. The van der Waals surface area contributed by atoms with Crippen LogP contribution in [0.3, 0.4) is 0 Å². The Morgan fingerprint density at radius 1 is 1.20 bits per heavy atom. The van der Waals surface area contributed by atoms with Crippen molar-refractivity contribution in [1.82, 2.24) is 14.8 Å². The normalized spacial score (nSPS) is 12.9. The van der Waals surface area contributed by atoms with Gasteiger partial charge in [-0.05, 0) is 25.5 Å². The number of benzene rings is 1. The topological polar surface area (TPSA) is 43.9 Å². The largest absolute Gasteiger partial charge is 0.419 e. The summed E-state index contributed by atoms with van der Waals surface area (Å²) in [4.78, 5) is 0. The van der Waals surface area contributed by atoms with Crippen molar-refractivity contribution in [1.29, 1.82) is 0 Å². The average Bonchev–Trinajstić information content (AvgIpc) is 3.10. The predicted molar refractivity (Wildman–Crippen MR) is 79.6 cm³/mol. The van der Waals surface area contributed by atoms with Crippen molar-refractivity contribution in [3.05, 3.63) is 36.2 Å². The van der Waals surface area contributed by atoms with Crippen molar-refractivity contribution in [2.24, 2.45) is 0 Å². The van der Waals surface area contributed by atoms with Crippen LogP contribution in [-0.2, 0) is 6.42 Å². The third-order valence-corrected chi connectivity index (χ3v) is 3.77. The lowest BCUT2D eigenvalue weighted by Crippen LogP contribution is -2.05. The molecule has 4 nitrogen and oxygen atoms in total. The van der Waals surface area contributed by atoms with Gasteiger partial charge in [0, 0.05) is 23.4 Å². The van der Waals surface area contributed by atoms with Gasteiger partial charge in [-0.15, -0.1) is 10.2 Å². The van der Waals surface area contributed by atoms with Gasteiger partial charge in [-0.3, -0.25) is 0 Å². The van der Waals surface area contributed by atoms with Gasteiger partial charge in [-0.1, -0.05) is 32.0 Å². The maximum absolute atomic E-state index is 5.74. The second kappa shape index (κ2) is 5.12. The van der Waals surface area contributed by atoms with Crippen molar-refractivity contribution >= 4 is 10.9 Å². The molecular formula is C16H19N3O. The lowest BCUT2D eigenvalue weighted by atomic mass is 10.2. The molecule has 0 N–H and O–H groups in total. The highest BCUT2D eigenvalue weighted by Gasteiger charge is 2.18. The SMILES string of the molecule is CCc1nnc(-c2cc3ccccc3n2C(C)CC)o1. The fraction of sp³-hybridized carbons (Fsp3) is 0.375. The minimum absolute atomic E-state index is 0.391. The molecule has 4 heteroatoms. The summed E-state index contributed by atoms with van der Waals surface area (Å²) in [5.74, 6) is 1.29. The van der Waals surface area contributed by atoms with Crippen LogP contribution in [0.25, 0.3) is 22.5 Å². The summed E-state index contributed by atoms with van der Waals surface area (Å²) >= 11 is 0. The van der Waals surface area contributed by atoms with E-state index in [1.807, 2.05) is 6.92 Å². The molecule has 0 spiro atoms. The van der Waals surface area contributed by atoms with Gasteiger partial charge in [0.2, 0.25) is 5.89 Å². The molecule has 1 unspecified atom stereocenters. The van der Waals surface area contributed by atoms with E-state index in [0.717, 1.165) is 18.5 Å². The summed E-state index contributed by atoms with van der Waals surface area (Å²) < 4.78 is 8.03. The predicted octanol–water partition coefficient (Wildman–Crippen LogP) is 4.22. The molecule has 2 aromatic heterocycles. The van der Waals surface area contributed by atoms with E-state index in [9.17, 15) is 0 Å². The molecule has 104 valence electrons. The van der Waals surface area contributed by atoms with Crippen molar-refractivity contribution in [3.63, 3.8) is 0 Å². The zero-order valence-electron chi connectivity index (χ0n) is 12.1. The minimum atomic E-state index is 0.391. The highest BCUT2D eigenvalue weighted by Crippen LogP contribution is 2.31. The van der Waals surface area contributed by atoms with Gasteiger partial charge in [0.15, 0.2) is 0 Å². The second-order valence-electron chi connectivity index (χ2n) is 5.07. The van der Waals surface area contributed by atoms with Crippen LogP contribution in [0, 0.1) is 0 Å². The van der Waals surface area contributed by atoms with Crippen LogP contribution in [0.4, 0.5) is 0 Å². The number of hydrogen-bond donors (Lipinski definition) is 0. The Bertz CT molecular complexity index is 726. The monoisotopic (exact) mass is 269 g/mol. The first-order valence-corrected chi connectivity index (χ1v) is 7.17. The van der Waals surface area contributed by atoms with Crippen molar-refractivity contribution in [2.45, 2.75) is 39.7 Å². The van der Waals surface area contributed by atoms with Crippen LogP contribution in [0.15, 0.2) is 34.7 Å². The van der Waals surface area contributed by atoms with Gasteiger partial charge in [0.25, 0.3) is 5.89 Å². The van der Waals surface area contributed by atoms with Crippen LogP contribution in [0.1, 0.15) is 39.1 Å². The Kier molecular flexibility index (Phi) is 3.30. The Balaban J connectivity index is 2.23. The second-order valence-corrected chi connectivity index (χ2v) is 5.07.